The van der Waals surface area contributed by atoms with Crippen molar-refractivity contribution in [2.45, 2.75) is 82.3 Å². The molecule has 3 atom stereocenters. The van der Waals surface area contributed by atoms with Crippen LogP contribution in [0, 0.1) is 5.92 Å². The number of H-pyrrole nitrogens is 1. The number of benzene rings is 2. The standard InChI is InChI=1S/C35H41N5O6/c1-20(2)16-27(38-31(42)26-17-22-24(37-26)14-9-15-29(22)46-3)33(44)40-19-35(23-12-7-8-13-25(23)39-34(35)45)18-28(40)30(41)32(43)36-21-10-5-4-6-11-21/h7-9,12-15,17,20-21,27-28,37H,4-6,10-11,16,18-19H2,1-3H3,(H,36,43)(H,38,42)(H,39,45)/t27?,28-,35-/m0/s1. The normalized spacial score (nSPS) is 21.7. The number of aromatic nitrogens is 1. The zero-order valence-electron chi connectivity index (χ0n) is 26.5. The number of methoxy groups -OCH3 is 1. The highest BCUT2D eigenvalue weighted by Crippen LogP contribution is 2.47. The number of aromatic amines is 1. The van der Waals surface area contributed by atoms with Crippen LogP contribution in [0.5, 0.6) is 5.75 Å². The molecule has 11 heteroatoms. The maximum Gasteiger partial charge on any atom is 0.289 e. The van der Waals surface area contributed by atoms with Crippen LogP contribution in [-0.2, 0) is 24.6 Å². The van der Waals surface area contributed by atoms with Crippen molar-refractivity contribution in [3.63, 3.8) is 0 Å². The highest BCUT2D eigenvalue weighted by molar-refractivity contribution is 6.38. The average Bonchev–Trinajstić information content (AvgIpc) is 3.74. The molecule has 1 saturated carbocycles. The molecule has 2 aliphatic heterocycles. The molecular formula is C35H41N5O6. The lowest BCUT2D eigenvalue weighted by atomic mass is 9.79. The first kappa shape index (κ1) is 31.3. The van der Waals surface area contributed by atoms with E-state index >= 15 is 0 Å². The number of ether oxygens (including phenoxy) is 1. The van der Waals surface area contributed by atoms with Crippen LogP contribution in [0.3, 0.4) is 0 Å². The molecule has 1 spiro atoms. The number of hydrogen-bond acceptors (Lipinski definition) is 6. The molecule has 6 rings (SSSR count). The molecule has 1 saturated heterocycles. The number of anilines is 1. The Kier molecular flexibility index (Phi) is 8.59. The number of amides is 4. The summed E-state index contributed by atoms with van der Waals surface area (Å²) in [5, 5.41) is 9.41. The summed E-state index contributed by atoms with van der Waals surface area (Å²) in [5.74, 6) is -2.19. The van der Waals surface area contributed by atoms with Crippen molar-refractivity contribution < 1.29 is 28.7 Å². The van der Waals surface area contributed by atoms with Crippen LogP contribution in [0.4, 0.5) is 5.69 Å². The predicted molar refractivity (Wildman–Crippen MR) is 172 cm³/mol. The van der Waals surface area contributed by atoms with Gasteiger partial charge in [0.2, 0.25) is 17.6 Å². The fraction of sp³-hybridized carbons (Fsp3) is 0.457. The number of carbonyl (C=O) groups excluding carboxylic acids is 5. The van der Waals surface area contributed by atoms with E-state index < -0.39 is 41.0 Å². The van der Waals surface area contributed by atoms with E-state index in [0.29, 0.717) is 22.5 Å². The van der Waals surface area contributed by atoms with Gasteiger partial charge in [-0.3, -0.25) is 24.0 Å². The van der Waals surface area contributed by atoms with E-state index in [2.05, 4.69) is 20.9 Å². The number of likely N-dealkylation sites (tertiary alicyclic amines) is 1. The third-order valence-electron chi connectivity index (χ3n) is 9.63. The highest BCUT2D eigenvalue weighted by Gasteiger charge is 2.58. The van der Waals surface area contributed by atoms with Gasteiger partial charge in [-0.1, -0.05) is 57.4 Å². The zero-order chi connectivity index (χ0) is 32.6. The third-order valence-corrected chi connectivity index (χ3v) is 9.63. The van der Waals surface area contributed by atoms with E-state index in [-0.39, 0.29) is 42.9 Å². The molecule has 3 aromatic rings. The minimum absolute atomic E-state index is 0.00729. The van der Waals surface area contributed by atoms with Gasteiger partial charge in [-0.15, -0.1) is 0 Å². The lowest BCUT2D eigenvalue weighted by molar-refractivity contribution is -0.145. The monoisotopic (exact) mass is 627 g/mol. The largest absolute Gasteiger partial charge is 0.496 e. The summed E-state index contributed by atoms with van der Waals surface area (Å²) in [6.07, 6.45) is 4.91. The minimum atomic E-state index is -1.20. The van der Waals surface area contributed by atoms with Gasteiger partial charge in [0.1, 0.15) is 23.5 Å². The van der Waals surface area contributed by atoms with E-state index in [4.69, 9.17) is 4.74 Å². The fourth-order valence-electron chi connectivity index (χ4n) is 7.32. The first-order chi connectivity index (χ1) is 22.1. The summed E-state index contributed by atoms with van der Waals surface area (Å²) < 4.78 is 5.43. The van der Waals surface area contributed by atoms with Gasteiger partial charge in [-0.05, 0) is 61.4 Å². The Morgan fingerprint density at radius 1 is 1.04 bits per heavy atom. The van der Waals surface area contributed by atoms with E-state index in [1.165, 1.54) is 4.90 Å². The second-order valence-corrected chi connectivity index (χ2v) is 13.2. The summed E-state index contributed by atoms with van der Waals surface area (Å²) in [4.78, 5) is 73.4. The molecule has 1 unspecified atom stereocenters. The Morgan fingerprint density at radius 2 is 1.80 bits per heavy atom. The van der Waals surface area contributed by atoms with E-state index in [9.17, 15) is 24.0 Å². The number of rotatable bonds is 9. The molecule has 4 amide bonds. The number of ketones is 1. The van der Waals surface area contributed by atoms with E-state index in [0.717, 1.165) is 37.5 Å². The van der Waals surface area contributed by atoms with Gasteiger partial charge in [0.05, 0.1) is 12.5 Å². The van der Waals surface area contributed by atoms with E-state index in [1.54, 1.807) is 25.3 Å². The Bertz CT molecular complexity index is 1690. The lowest BCUT2D eigenvalue weighted by Gasteiger charge is -2.30. The van der Waals surface area contributed by atoms with E-state index in [1.807, 2.05) is 44.2 Å². The van der Waals surface area contributed by atoms with Crippen LogP contribution in [-0.4, -0.2) is 71.1 Å². The van der Waals surface area contributed by atoms with Crippen molar-refractivity contribution in [2.75, 3.05) is 19.0 Å². The van der Waals surface area contributed by atoms with Crippen LogP contribution in [0.15, 0.2) is 48.5 Å². The highest BCUT2D eigenvalue weighted by atomic mass is 16.5. The van der Waals surface area contributed by atoms with Gasteiger partial charge in [-0.25, -0.2) is 0 Å². The average molecular weight is 628 g/mol. The Morgan fingerprint density at radius 3 is 2.54 bits per heavy atom. The molecule has 0 radical (unpaired) electrons. The van der Waals surface area contributed by atoms with Crippen molar-refractivity contribution in [2.24, 2.45) is 5.92 Å². The fourth-order valence-corrected chi connectivity index (χ4v) is 7.32. The molecule has 1 aliphatic carbocycles. The number of nitrogens with one attached hydrogen (secondary N) is 4. The van der Waals surface area contributed by atoms with Crippen LogP contribution in [0.1, 0.15) is 74.8 Å². The van der Waals surface area contributed by atoms with Gasteiger partial charge in [0.15, 0.2) is 0 Å². The van der Waals surface area contributed by atoms with Crippen molar-refractivity contribution in [3.05, 3.63) is 59.8 Å². The number of fused-ring (bicyclic) bond motifs is 3. The molecule has 242 valence electrons. The lowest BCUT2D eigenvalue weighted by Crippen LogP contribution is -2.55. The summed E-state index contributed by atoms with van der Waals surface area (Å²) in [6, 6.07) is 12.1. The summed E-state index contributed by atoms with van der Waals surface area (Å²) >= 11 is 0. The minimum Gasteiger partial charge on any atom is -0.496 e. The summed E-state index contributed by atoms with van der Waals surface area (Å²) in [6.45, 7) is 3.79. The molecule has 46 heavy (non-hydrogen) atoms. The van der Waals surface area contributed by atoms with Crippen LogP contribution >= 0.6 is 0 Å². The van der Waals surface area contributed by atoms with Gasteiger partial charge in [-0.2, -0.15) is 0 Å². The molecule has 2 fully saturated rings. The first-order valence-electron chi connectivity index (χ1n) is 16.1. The maximum absolute atomic E-state index is 14.5. The van der Waals surface area contributed by atoms with Crippen molar-refractivity contribution >= 4 is 46.0 Å². The van der Waals surface area contributed by atoms with Gasteiger partial charge in [0.25, 0.3) is 11.8 Å². The summed E-state index contributed by atoms with van der Waals surface area (Å²) in [7, 11) is 1.55. The second-order valence-electron chi connectivity index (χ2n) is 13.2. The number of hydrogen-bond donors (Lipinski definition) is 4. The predicted octanol–water partition coefficient (Wildman–Crippen LogP) is 3.83. The number of carbonyl (C=O) groups is 5. The molecule has 0 bridgehead atoms. The smallest absolute Gasteiger partial charge is 0.289 e. The Labute approximate surface area is 267 Å². The van der Waals surface area contributed by atoms with Crippen molar-refractivity contribution in [1.29, 1.82) is 0 Å². The molecule has 1 aromatic heterocycles. The topological polar surface area (TPSA) is 150 Å². The van der Waals surface area contributed by atoms with Gasteiger partial charge < -0.3 is 30.6 Å². The second kappa shape index (κ2) is 12.6. The third kappa shape index (κ3) is 5.74. The van der Waals surface area contributed by atoms with Gasteiger partial charge >= 0.3 is 0 Å². The van der Waals surface area contributed by atoms with Crippen LogP contribution in [0.2, 0.25) is 0 Å². The number of para-hydroxylation sites is 1. The molecule has 4 N–H and O–H groups in total. The SMILES string of the molecule is COc1cccc2[nH]c(C(=O)NC(CC(C)C)C(=O)N3C[C@]4(C[C@H]3C(=O)C(=O)NC3CCCCC3)C(=O)Nc3ccccc34)cc12. The first-order valence-corrected chi connectivity index (χ1v) is 16.1. The van der Waals surface area contributed by atoms with Crippen molar-refractivity contribution in [1.82, 2.24) is 20.5 Å². The molecule has 11 nitrogen and oxygen atoms in total. The molecule has 2 aromatic carbocycles. The number of Topliss-reactive ketones (excluding diaryl/α,β-unsaturated/α-hetero) is 1. The van der Waals surface area contributed by atoms with Crippen LogP contribution in [0.25, 0.3) is 10.9 Å². The quantitative estimate of drug-likeness (QED) is 0.265. The van der Waals surface area contributed by atoms with Crippen molar-refractivity contribution in [3.8, 4) is 5.75 Å². The van der Waals surface area contributed by atoms with Crippen LogP contribution < -0.4 is 20.7 Å². The zero-order valence-corrected chi connectivity index (χ0v) is 26.5. The Balaban J connectivity index is 1.31. The van der Waals surface area contributed by atoms with Gasteiger partial charge in [0, 0.05) is 29.2 Å². The Hall–Kier alpha value is -4.67. The summed E-state index contributed by atoms with van der Waals surface area (Å²) in [5.41, 5.74) is 1.08. The number of nitrogens with zero attached hydrogens (tertiary/aromatic N) is 1. The molecular weight excluding hydrogens is 586 g/mol. The molecule has 3 heterocycles. The molecule has 3 aliphatic rings. The maximum atomic E-state index is 14.5.